The Morgan fingerprint density at radius 2 is 2.23 bits per heavy atom. The largest absolute Gasteiger partial charge is 0.375 e. The quantitative estimate of drug-likeness (QED) is 0.751. The molecule has 1 aliphatic carbocycles. The summed E-state index contributed by atoms with van der Waals surface area (Å²) in [4.78, 5) is 4.23. The summed E-state index contributed by atoms with van der Waals surface area (Å²) in [6, 6.07) is 6.50. The molecule has 1 aromatic heterocycles. The molecule has 0 radical (unpaired) electrons. The summed E-state index contributed by atoms with van der Waals surface area (Å²) in [5.41, 5.74) is 8.13. The van der Waals surface area contributed by atoms with Crippen LogP contribution in [-0.2, 0) is 0 Å². The third kappa shape index (κ3) is 1.20. The van der Waals surface area contributed by atoms with E-state index in [0.717, 1.165) is 11.4 Å². The normalized spacial score (nSPS) is 16.6. The standard InChI is InChI=1S/C10H10N2S/c11-10-12-8-4-3-7(6-1-2-6)5-9(8)13-10/h3-6H,1-2H2,(H2,11,12). The zero-order chi connectivity index (χ0) is 8.84. The van der Waals surface area contributed by atoms with Crippen LogP contribution in [0.15, 0.2) is 18.2 Å². The summed E-state index contributed by atoms with van der Waals surface area (Å²) in [7, 11) is 0. The second-order valence-electron chi connectivity index (χ2n) is 3.55. The molecular formula is C10H10N2S. The lowest BCUT2D eigenvalue weighted by Crippen LogP contribution is -1.79. The number of nitrogens with two attached hydrogens (primary N) is 1. The molecule has 0 unspecified atom stereocenters. The van der Waals surface area contributed by atoms with E-state index in [1.807, 2.05) is 0 Å². The van der Waals surface area contributed by atoms with Crippen molar-refractivity contribution in [2.24, 2.45) is 0 Å². The van der Waals surface area contributed by atoms with Crippen LogP contribution in [0.1, 0.15) is 24.3 Å². The zero-order valence-corrected chi connectivity index (χ0v) is 7.97. The van der Waals surface area contributed by atoms with E-state index >= 15 is 0 Å². The molecule has 1 aromatic carbocycles. The average Bonchev–Trinajstić information content (AvgIpc) is 2.87. The molecule has 0 atom stereocenters. The van der Waals surface area contributed by atoms with Crippen molar-refractivity contribution in [2.75, 3.05) is 5.73 Å². The van der Waals surface area contributed by atoms with Crippen LogP contribution in [0.5, 0.6) is 0 Å². The van der Waals surface area contributed by atoms with Crippen LogP contribution >= 0.6 is 11.3 Å². The Bertz CT molecular complexity index is 457. The fourth-order valence-corrected chi connectivity index (χ4v) is 2.41. The Labute approximate surface area is 80.4 Å². The smallest absolute Gasteiger partial charge is 0.181 e. The minimum Gasteiger partial charge on any atom is -0.375 e. The van der Waals surface area contributed by atoms with Gasteiger partial charge in [0.2, 0.25) is 0 Å². The lowest BCUT2D eigenvalue weighted by molar-refractivity contribution is 1.14. The highest BCUT2D eigenvalue weighted by atomic mass is 32.1. The van der Waals surface area contributed by atoms with Crippen LogP contribution < -0.4 is 5.73 Å². The first-order valence-electron chi connectivity index (χ1n) is 4.49. The molecular weight excluding hydrogens is 180 g/mol. The molecule has 1 saturated carbocycles. The van der Waals surface area contributed by atoms with E-state index < -0.39 is 0 Å². The van der Waals surface area contributed by atoms with Gasteiger partial charge in [0.05, 0.1) is 10.2 Å². The average molecular weight is 190 g/mol. The number of benzene rings is 1. The summed E-state index contributed by atoms with van der Waals surface area (Å²) >= 11 is 1.58. The Hall–Kier alpha value is -1.09. The van der Waals surface area contributed by atoms with Gasteiger partial charge in [0.15, 0.2) is 5.13 Å². The maximum atomic E-state index is 5.64. The van der Waals surface area contributed by atoms with E-state index in [1.165, 1.54) is 23.1 Å². The summed E-state index contributed by atoms with van der Waals surface area (Å²) in [5, 5.41) is 0.669. The molecule has 66 valence electrons. The van der Waals surface area contributed by atoms with Crippen molar-refractivity contribution >= 4 is 26.7 Å². The highest BCUT2D eigenvalue weighted by Gasteiger charge is 2.23. The topological polar surface area (TPSA) is 38.9 Å². The van der Waals surface area contributed by atoms with Crippen LogP contribution in [0.3, 0.4) is 0 Å². The van der Waals surface area contributed by atoms with Gasteiger partial charge in [-0.3, -0.25) is 0 Å². The van der Waals surface area contributed by atoms with Crippen LogP contribution in [0.2, 0.25) is 0 Å². The maximum Gasteiger partial charge on any atom is 0.181 e. The van der Waals surface area contributed by atoms with Crippen molar-refractivity contribution in [3.8, 4) is 0 Å². The molecule has 3 rings (SSSR count). The van der Waals surface area contributed by atoms with Crippen molar-refractivity contribution in [2.45, 2.75) is 18.8 Å². The van der Waals surface area contributed by atoms with Crippen molar-refractivity contribution in [3.63, 3.8) is 0 Å². The van der Waals surface area contributed by atoms with Crippen LogP contribution in [-0.4, -0.2) is 4.98 Å². The van der Waals surface area contributed by atoms with Gasteiger partial charge in [-0.15, -0.1) is 0 Å². The first-order valence-corrected chi connectivity index (χ1v) is 5.30. The van der Waals surface area contributed by atoms with E-state index in [1.54, 1.807) is 11.3 Å². The number of anilines is 1. The van der Waals surface area contributed by atoms with Gasteiger partial charge in [-0.25, -0.2) is 4.98 Å². The summed E-state index contributed by atoms with van der Waals surface area (Å²) in [6.07, 6.45) is 2.69. The molecule has 1 aliphatic rings. The minimum atomic E-state index is 0.669. The van der Waals surface area contributed by atoms with Crippen molar-refractivity contribution < 1.29 is 0 Å². The molecule has 0 spiro atoms. The number of rotatable bonds is 1. The van der Waals surface area contributed by atoms with Gasteiger partial charge in [-0.1, -0.05) is 17.4 Å². The number of nitrogen functional groups attached to an aromatic ring is 1. The summed E-state index contributed by atoms with van der Waals surface area (Å²) < 4.78 is 1.22. The van der Waals surface area contributed by atoms with Crippen LogP contribution in [0.25, 0.3) is 10.2 Å². The minimum absolute atomic E-state index is 0.669. The Morgan fingerprint density at radius 3 is 3.00 bits per heavy atom. The Morgan fingerprint density at radius 1 is 1.38 bits per heavy atom. The number of hydrogen-bond acceptors (Lipinski definition) is 3. The van der Waals surface area contributed by atoms with Gasteiger partial charge in [-0.05, 0) is 36.5 Å². The molecule has 0 aliphatic heterocycles. The lowest BCUT2D eigenvalue weighted by Gasteiger charge is -1.95. The van der Waals surface area contributed by atoms with Crippen molar-refractivity contribution in [3.05, 3.63) is 23.8 Å². The monoisotopic (exact) mass is 190 g/mol. The molecule has 0 saturated heterocycles. The SMILES string of the molecule is Nc1nc2ccc(C3CC3)cc2s1. The van der Waals surface area contributed by atoms with Crippen molar-refractivity contribution in [1.82, 2.24) is 4.98 Å². The van der Waals surface area contributed by atoms with Crippen molar-refractivity contribution in [1.29, 1.82) is 0 Å². The van der Waals surface area contributed by atoms with Gasteiger partial charge in [0.25, 0.3) is 0 Å². The van der Waals surface area contributed by atoms with Gasteiger partial charge in [0, 0.05) is 0 Å². The number of aromatic nitrogens is 1. The number of hydrogen-bond donors (Lipinski definition) is 1. The molecule has 13 heavy (non-hydrogen) atoms. The van der Waals surface area contributed by atoms with Crippen LogP contribution in [0.4, 0.5) is 5.13 Å². The second-order valence-corrected chi connectivity index (χ2v) is 4.62. The van der Waals surface area contributed by atoms with E-state index in [9.17, 15) is 0 Å². The molecule has 2 N–H and O–H groups in total. The predicted molar refractivity (Wildman–Crippen MR) is 56.0 cm³/mol. The number of thiazole rings is 1. The third-order valence-corrected chi connectivity index (χ3v) is 3.33. The number of fused-ring (bicyclic) bond motifs is 1. The predicted octanol–water partition coefficient (Wildman–Crippen LogP) is 2.76. The lowest BCUT2D eigenvalue weighted by atomic mass is 10.1. The molecule has 1 fully saturated rings. The van der Waals surface area contributed by atoms with E-state index in [4.69, 9.17) is 5.73 Å². The fourth-order valence-electron chi connectivity index (χ4n) is 1.63. The number of nitrogens with zero attached hydrogens (tertiary/aromatic N) is 1. The molecule has 0 amide bonds. The molecule has 2 aromatic rings. The Kier molecular flexibility index (Phi) is 1.38. The first-order chi connectivity index (χ1) is 6.33. The fraction of sp³-hybridized carbons (Fsp3) is 0.300. The molecule has 3 heteroatoms. The van der Waals surface area contributed by atoms with Gasteiger partial charge >= 0.3 is 0 Å². The highest BCUT2D eigenvalue weighted by Crippen LogP contribution is 2.41. The van der Waals surface area contributed by atoms with E-state index in [-0.39, 0.29) is 0 Å². The molecule has 0 bridgehead atoms. The zero-order valence-electron chi connectivity index (χ0n) is 7.16. The molecule has 1 heterocycles. The van der Waals surface area contributed by atoms with E-state index in [0.29, 0.717) is 5.13 Å². The maximum absolute atomic E-state index is 5.64. The van der Waals surface area contributed by atoms with Crippen LogP contribution in [0, 0.1) is 0 Å². The van der Waals surface area contributed by atoms with Gasteiger partial charge in [-0.2, -0.15) is 0 Å². The van der Waals surface area contributed by atoms with E-state index in [2.05, 4.69) is 23.2 Å². The molecule has 2 nitrogen and oxygen atoms in total. The third-order valence-electron chi connectivity index (χ3n) is 2.48. The summed E-state index contributed by atoms with van der Waals surface area (Å²) in [6.45, 7) is 0. The van der Waals surface area contributed by atoms with Gasteiger partial charge < -0.3 is 5.73 Å². The highest BCUT2D eigenvalue weighted by molar-refractivity contribution is 7.22. The van der Waals surface area contributed by atoms with Gasteiger partial charge in [0.1, 0.15) is 0 Å². The summed E-state index contributed by atoms with van der Waals surface area (Å²) in [5.74, 6) is 0.813. The first kappa shape index (κ1) is 7.33. The Balaban J connectivity index is 2.20. The second kappa shape index (κ2) is 2.45.